The average Bonchev–Trinajstić information content (AvgIpc) is 3.03. The lowest BCUT2D eigenvalue weighted by Crippen LogP contribution is -2.43. The maximum Gasteiger partial charge on any atom is 0.0992 e. The maximum absolute atomic E-state index is 6.40. The number of halogens is 2. The van der Waals surface area contributed by atoms with E-state index in [0.717, 1.165) is 40.4 Å². The van der Waals surface area contributed by atoms with E-state index in [4.69, 9.17) is 27.9 Å². The van der Waals surface area contributed by atoms with Crippen LogP contribution < -0.4 is 5.32 Å². The first kappa shape index (κ1) is 16.4. The van der Waals surface area contributed by atoms with Crippen LogP contribution in [0.4, 0.5) is 0 Å². The number of thioether (sulfide) groups is 1. The molecule has 2 saturated heterocycles. The number of thiophene rings is 1. The molecule has 1 spiro atoms. The van der Waals surface area contributed by atoms with Crippen LogP contribution in [-0.2, 0) is 4.74 Å². The Hall–Kier alpha value is 0.550. The van der Waals surface area contributed by atoms with Gasteiger partial charge >= 0.3 is 0 Å². The van der Waals surface area contributed by atoms with E-state index in [0.29, 0.717) is 5.92 Å². The van der Waals surface area contributed by atoms with Gasteiger partial charge in [0.15, 0.2) is 0 Å². The lowest BCUT2D eigenvalue weighted by atomic mass is 9.79. The first-order chi connectivity index (χ1) is 10.1. The van der Waals surface area contributed by atoms with Gasteiger partial charge in [-0.1, -0.05) is 30.1 Å². The van der Waals surface area contributed by atoms with Gasteiger partial charge in [0.1, 0.15) is 0 Å². The molecule has 2 aliphatic heterocycles. The third-order valence-electron chi connectivity index (χ3n) is 4.51. The molecule has 6 heteroatoms. The van der Waals surface area contributed by atoms with E-state index in [1.165, 1.54) is 29.1 Å². The van der Waals surface area contributed by atoms with Crippen LogP contribution >= 0.6 is 46.3 Å². The van der Waals surface area contributed by atoms with Crippen molar-refractivity contribution in [2.24, 2.45) is 5.92 Å². The molecule has 1 aromatic heterocycles. The van der Waals surface area contributed by atoms with E-state index >= 15 is 0 Å². The Kier molecular flexibility index (Phi) is 5.45. The van der Waals surface area contributed by atoms with Crippen molar-refractivity contribution in [2.75, 3.05) is 24.7 Å². The summed E-state index contributed by atoms with van der Waals surface area (Å²) >= 11 is 16.0. The van der Waals surface area contributed by atoms with Gasteiger partial charge in [-0.3, -0.25) is 0 Å². The number of hydrogen-bond acceptors (Lipinski definition) is 4. The van der Waals surface area contributed by atoms with Gasteiger partial charge in [-0.15, -0.1) is 11.3 Å². The average molecular weight is 366 g/mol. The smallest absolute Gasteiger partial charge is 0.0992 e. The van der Waals surface area contributed by atoms with Gasteiger partial charge in [-0.25, -0.2) is 0 Å². The SMILES string of the molecule is CCNC(c1cc(Cl)sc1Cl)C1CCOC2(CCSC2)C1. The van der Waals surface area contributed by atoms with Gasteiger partial charge in [0.25, 0.3) is 0 Å². The zero-order valence-electron chi connectivity index (χ0n) is 12.2. The molecule has 21 heavy (non-hydrogen) atoms. The molecule has 3 rings (SSSR count). The first-order valence-corrected chi connectivity index (χ1v) is 10.3. The Morgan fingerprint density at radius 3 is 3.00 bits per heavy atom. The normalized spacial score (nSPS) is 30.9. The molecular formula is C15H21Cl2NOS2. The molecule has 118 valence electrons. The molecule has 3 atom stereocenters. The Bertz CT molecular complexity index is 488. The molecule has 1 aromatic rings. The minimum Gasteiger partial charge on any atom is -0.374 e. The third-order valence-corrected chi connectivity index (χ3v) is 7.25. The van der Waals surface area contributed by atoms with Crippen molar-refractivity contribution >= 4 is 46.3 Å². The molecule has 0 aromatic carbocycles. The highest BCUT2D eigenvalue weighted by molar-refractivity contribution is 7.99. The van der Waals surface area contributed by atoms with Crippen LogP contribution in [0.3, 0.4) is 0 Å². The zero-order valence-corrected chi connectivity index (χ0v) is 15.3. The van der Waals surface area contributed by atoms with Crippen LogP contribution in [0, 0.1) is 5.92 Å². The van der Waals surface area contributed by atoms with Crippen molar-refractivity contribution in [3.05, 3.63) is 20.3 Å². The molecule has 2 aliphatic rings. The van der Waals surface area contributed by atoms with Crippen LogP contribution in [0.25, 0.3) is 0 Å². The molecule has 1 N–H and O–H groups in total. The summed E-state index contributed by atoms with van der Waals surface area (Å²) in [6, 6.07) is 2.32. The van der Waals surface area contributed by atoms with Gasteiger partial charge in [0, 0.05) is 24.0 Å². The van der Waals surface area contributed by atoms with Crippen LogP contribution in [0.1, 0.15) is 37.8 Å². The second kappa shape index (κ2) is 6.98. The highest BCUT2D eigenvalue weighted by Crippen LogP contribution is 2.46. The monoisotopic (exact) mass is 365 g/mol. The van der Waals surface area contributed by atoms with E-state index in [1.54, 1.807) is 0 Å². The Labute approximate surface area is 144 Å². The molecule has 0 amide bonds. The summed E-state index contributed by atoms with van der Waals surface area (Å²) in [5.41, 5.74) is 1.27. The van der Waals surface area contributed by atoms with Crippen molar-refractivity contribution < 1.29 is 4.74 Å². The van der Waals surface area contributed by atoms with Crippen LogP contribution in [0.5, 0.6) is 0 Å². The minimum atomic E-state index is 0.105. The quantitative estimate of drug-likeness (QED) is 0.810. The van der Waals surface area contributed by atoms with Crippen molar-refractivity contribution in [1.82, 2.24) is 5.32 Å². The highest BCUT2D eigenvalue weighted by Gasteiger charge is 2.43. The predicted octanol–water partition coefficient (Wildman–Crippen LogP) is 5.01. The molecule has 0 radical (unpaired) electrons. The van der Waals surface area contributed by atoms with E-state index in [1.807, 2.05) is 17.8 Å². The van der Waals surface area contributed by atoms with Gasteiger partial charge in [0.2, 0.25) is 0 Å². The van der Waals surface area contributed by atoms with Crippen molar-refractivity contribution in [2.45, 2.75) is 37.8 Å². The fraction of sp³-hybridized carbons (Fsp3) is 0.733. The standard InChI is InChI=1S/C15H21Cl2NOS2/c1-2-18-13(11-7-12(16)21-14(11)17)10-3-5-19-15(8-10)4-6-20-9-15/h7,10,13,18H,2-6,8-9H2,1H3. The molecule has 0 aliphatic carbocycles. The summed E-state index contributed by atoms with van der Waals surface area (Å²) in [7, 11) is 0. The number of nitrogens with one attached hydrogen (secondary N) is 1. The van der Waals surface area contributed by atoms with Gasteiger partial charge < -0.3 is 10.1 Å². The molecular weight excluding hydrogens is 345 g/mol. The third kappa shape index (κ3) is 3.56. The van der Waals surface area contributed by atoms with E-state index in [9.17, 15) is 0 Å². The van der Waals surface area contributed by atoms with E-state index in [-0.39, 0.29) is 11.6 Å². The van der Waals surface area contributed by atoms with Crippen molar-refractivity contribution in [3.8, 4) is 0 Å². The summed E-state index contributed by atoms with van der Waals surface area (Å²) in [6.45, 7) is 3.95. The summed E-state index contributed by atoms with van der Waals surface area (Å²) in [6.07, 6.45) is 3.40. The van der Waals surface area contributed by atoms with Crippen LogP contribution in [0.15, 0.2) is 6.07 Å². The summed E-state index contributed by atoms with van der Waals surface area (Å²) in [4.78, 5) is 0. The summed E-state index contributed by atoms with van der Waals surface area (Å²) in [5.74, 6) is 2.94. The number of hydrogen-bond donors (Lipinski definition) is 1. The van der Waals surface area contributed by atoms with Crippen molar-refractivity contribution in [3.63, 3.8) is 0 Å². The van der Waals surface area contributed by atoms with Gasteiger partial charge in [-0.2, -0.15) is 11.8 Å². The molecule has 2 fully saturated rings. The Morgan fingerprint density at radius 1 is 1.52 bits per heavy atom. The van der Waals surface area contributed by atoms with Crippen LogP contribution in [0.2, 0.25) is 8.67 Å². The maximum atomic E-state index is 6.40. The lowest BCUT2D eigenvalue weighted by Gasteiger charge is -2.41. The number of ether oxygens (including phenoxy) is 1. The summed E-state index contributed by atoms with van der Waals surface area (Å²) < 4.78 is 7.75. The molecule has 3 unspecified atom stereocenters. The molecule has 3 heterocycles. The number of rotatable bonds is 4. The fourth-order valence-electron chi connectivity index (χ4n) is 3.53. The Balaban J connectivity index is 1.81. The summed E-state index contributed by atoms with van der Waals surface area (Å²) in [5, 5.41) is 3.63. The molecule has 2 nitrogen and oxygen atoms in total. The first-order valence-electron chi connectivity index (χ1n) is 7.53. The highest BCUT2D eigenvalue weighted by atomic mass is 35.5. The van der Waals surface area contributed by atoms with E-state index < -0.39 is 0 Å². The molecule has 0 saturated carbocycles. The topological polar surface area (TPSA) is 21.3 Å². The predicted molar refractivity (Wildman–Crippen MR) is 94.1 cm³/mol. The largest absolute Gasteiger partial charge is 0.374 e. The molecule has 0 bridgehead atoms. The second-order valence-corrected chi connectivity index (χ2v) is 9.29. The van der Waals surface area contributed by atoms with Gasteiger partial charge in [-0.05, 0) is 43.5 Å². The fourth-order valence-corrected chi connectivity index (χ4v) is 6.46. The van der Waals surface area contributed by atoms with Gasteiger partial charge in [0.05, 0.1) is 14.3 Å². The minimum absolute atomic E-state index is 0.105. The van der Waals surface area contributed by atoms with E-state index in [2.05, 4.69) is 12.2 Å². The van der Waals surface area contributed by atoms with Crippen molar-refractivity contribution in [1.29, 1.82) is 0 Å². The van der Waals surface area contributed by atoms with Crippen LogP contribution in [-0.4, -0.2) is 30.3 Å². The lowest BCUT2D eigenvalue weighted by molar-refractivity contribution is -0.0853. The second-order valence-electron chi connectivity index (χ2n) is 5.90. The zero-order chi connectivity index (χ0) is 14.9. The Morgan fingerprint density at radius 2 is 2.38 bits per heavy atom.